The van der Waals surface area contributed by atoms with Crippen molar-refractivity contribution in [1.29, 1.82) is 0 Å². The molecular weight excluding hydrogens is 477 g/mol. The SMILES string of the molecule is CNC(=O)c1c[nH]c2c(C(C)C)cc(N3CCCc4cc(-c5ccc(C)nc5)c(C(F)(F)F)cc43)cc12. The molecule has 1 aliphatic heterocycles. The van der Waals surface area contributed by atoms with Crippen LogP contribution in [0.25, 0.3) is 22.0 Å². The molecule has 0 atom stereocenters. The minimum Gasteiger partial charge on any atom is -0.360 e. The van der Waals surface area contributed by atoms with Gasteiger partial charge in [-0.15, -0.1) is 0 Å². The van der Waals surface area contributed by atoms with Gasteiger partial charge >= 0.3 is 6.18 Å². The van der Waals surface area contributed by atoms with Crippen LogP contribution in [0.4, 0.5) is 24.5 Å². The molecule has 5 nitrogen and oxygen atoms in total. The normalized spacial score (nSPS) is 13.8. The van der Waals surface area contributed by atoms with Crippen molar-refractivity contribution in [2.75, 3.05) is 18.5 Å². The van der Waals surface area contributed by atoms with Gasteiger partial charge in [0.15, 0.2) is 0 Å². The molecule has 0 unspecified atom stereocenters. The summed E-state index contributed by atoms with van der Waals surface area (Å²) in [4.78, 5) is 21.9. The van der Waals surface area contributed by atoms with Gasteiger partial charge < -0.3 is 15.2 Å². The number of rotatable bonds is 4. The van der Waals surface area contributed by atoms with Crippen LogP contribution < -0.4 is 10.2 Å². The van der Waals surface area contributed by atoms with Crippen LogP contribution in [0, 0.1) is 6.92 Å². The molecule has 2 aromatic heterocycles. The van der Waals surface area contributed by atoms with Crippen molar-refractivity contribution in [3.05, 3.63) is 76.7 Å². The lowest BCUT2D eigenvalue weighted by molar-refractivity contribution is -0.137. The van der Waals surface area contributed by atoms with Gasteiger partial charge in [-0.3, -0.25) is 9.78 Å². The Morgan fingerprint density at radius 2 is 1.95 bits per heavy atom. The smallest absolute Gasteiger partial charge is 0.360 e. The molecule has 0 saturated carbocycles. The minimum absolute atomic E-state index is 0.144. The fourth-order valence-corrected chi connectivity index (χ4v) is 5.18. The van der Waals surface area contributed by atoms with Gasteiger partial charge in [0.05, 0.1) is 11.1 Å². The summed E-state index contributed by atoms with van der Waals surface area (Å²) in [5.74, 6) is -0.0714. The van der Waals surface area contributed by atoms with E-state index >= 15 is 0 Å². The lowest BCUT2D eigenvalue weighted by Gasteiger charge is -2.33. The van der Waals surface area contributed by atoms with Gasteiger partial charge in [0.2, 0.25) is 0 Å². The van der Waals surface area contributed by atoms with Crippen molar-refractivity contribution in [2.24, 2.45) is 0 Å². The third-order valence-corrected chi connectivity index (χ3v) is 7.08. The van der Waals surface area contributed by atoms with Gasteiger partial charge in [0.25, 0.3) is 5.91 Å². The molecule has 2 aromatic carbocycles. The second kappa shape index (κ2) is 9.25. The average Bonchev–Trinajstić information content (AvgIpc) is 3.30. The molecule has 37 heavy (non-hydrogen) atoms. The van der Waals surface area contributed by atoms with Crippen molar-refractivity contribution in [2.45, 2.75) is 45.7 Å². The van der Waals surface area contributed by atoms with E-state index in [1.54, 1.807) is 31.4 Å². The summed E-state index contributed by atoms with van der Waals surface area (Å²) in [7, 11) is 1.58. The van der Waals surface area contributed by atoms with Crippen molar-refractivity contribution in [3.8, 4) is 11.1 Å². The van der Waals surface area contributed by atoms with Gasteiger partial charge in [-0.25, -0.2) is 0 Å². The summed E-state index contributed by atoms with van der Waals surface area (Å²) in [6.45, 7) is 6.51. The molecule has 1 aliphatic rings. The fraction of sp³-hybridized carbons (Fsp3) is 0.310. The molecule has 0 aliphatic carbocycles. The summed E-state index contributed by atoms with van der Waals surface area (Å²) >= 11 is 0. The standard InChI is InChI=1S/C29H29F3N4O/c1-16(2)21-11-20(12-23-24(28(37)33-4)15-35-27(21)23)36-9-5-6-18-10-22(19-8-7-17(3)34-14-19)25(13-26(18)36)29(30,31)32/h7-8,10-16,35H,5-6,9H2,1-4H3,(H,33,37). The largest absolute Gasteiger partial charge is 0.417 e. The number of nitrogens with zero attached hydrogens (tertiary/aromatic N) is 2. The van der Waals surface area contributed by atoms with Crippen LogP contribution in [-0.2, 0) is 12.6 Å². The number of pyridine rings is 1. The number of amides is 1. The first-order valence-corrected chi connectivity index (χ1v) is 12.4. The first kappa shape index (κ1) is 24.9. The maximum atomic E-state index is 14.3. The number of carbonyl (C=O) groups excluding carboxylic acids is 1. The van der Waals surface area contributed by atoms with Crippen molar-refractivity contribution in [3.63, 3.8) is 0 Å². The number of H-pyrrole nitrogens is 1. The molecule has 4 aromatic rings. The predicted octanol–water partition coefficient (Wildman–Crippen LogP) is 7.12. The number of halogens is 3. The molecule has 2 N–H and O–H groups in total. The molecule has 0 saturated heterocycles. The van der Waals surface area contributed by atoms with Crippen LogP contribution >= 0.6 is 0 Å². The Morgan fingerprint density at radius 3 is 2.59 bits per heavy atom. The summed E-state index contributed by atoms with van der Waals surface area (Å²) in [6, 6.07) is 10.3. The van der Waals surface area contributed by atoms with Gasteiger partial charge in [0, 0.05) is 59.5 Å². The van der Waals surface area contributed by atoms with Crippen LogP contribution in [0.2, 0.25) is 0 Å². The van der Waals surface area contributed by atoms with Crippen molar-refractivity contribution >= 4 is 28.2 Å². The Morgan fingerprint density at radius 1 is 1.16 bits per heavy atom. The van der Waals surface area contributed by atoms with Crippen LogP contribution in [0.5, 0.6) is 0 Å². The first-order valence-electron chi connectivity index (χ1n) is 12.4. The first-order chi connectivity index (χ1) is 17.6. The van der Waals surface area contributed by atoms with Crippen molar-refractivity contribution < 1.29 is 18.0 Å². The number of aromatic amines is 1. The summed E-state index contributed by atoms with van der Waals surface area (Å²) < 4.78 is 43.0. The number of aryl methyl sites for hydroxylation is 2. The molecule has 3 heterocycles. The van der Waals surface area contributed by atoms with E-state index in [4.69, 9.17) is 0 Å². The molecular formula is C29H29F3N4O. The topological polar surface area (TPSA) is 61.0 Å². The second-order valence-corrected chi connectivity index (χ2v) is 9.86. The monoisotopic (exact) mass is 506 g/mol. The summed E-state index contributed by atoms with van der Waals surface area (Å²) in [5, 5.41) is 3.43. The van der Waals surface area contributed by atoms with Gasteiger partial charge in [-0.05, 0) is 72.7 Å². The van der Waals surface area contributed by atoms with Gasteiger partial charge in [0.1, 0.15) is 0 Å². The molecule has 0 fully saturated rings. The van der Waals surface area contributed by atoms with Gasteiger partial charge in [-0.1, -0.05) is 19.9 Å². The number of hydrogen-bond donors (Lipinski definition) is 2. The second-order valence-electron chi connectivity index (χ2n) is 9.86. The van der Waals surface area contributed by atoms with Crippen LogP contribution in [0.15, 0.2) is 48.8 Å². The zero-order chi connectivity index (χ0) is 26.5. The molecule has 0 bridgehead atoms. The average molecular weight is 507 g/mol. The number of anilines is 2. The predicted molar refractivity (Wildman–Crippen MR) is 141 cm³/mol. The van der Waals surface area contributed by atoms with E-state index in [2.05, 4.69) is 29.1 Å². The van der Waals surface area contributed by atoms with E-state index in [0.29, 0.717) is 29.8 Å². The Hall–Kier alpha value is -3.81. The van der Waals surface area contributed by atoms with E-state index in [9.17, 15) is 18.0 Å². The highest BCUT2D eigenvalue weighted by Crippen LogP contribution is 2.45. The Balaban J connectivity index is 1.71. The number of nitrogens with one attached hydrogen (secondary N) is 2. The summed E-state index contributed by atoms with van der Waals surface area (Å²) in [6.07, 6.45) is 0.144. The highest BCUT2D eigenvalue weighted by molar-refractivity contribution is 6.08. The quantitative estimate of drug-likeness (QED) is 0.310. The maximum absolute atomic E-state index is 14.3. The maximum Gasteiger partial charge on any atom is 0.417 e. The molecule has 192 valence electrons. The zero-order valence-electron chi connectivity index (χ0n) is 21.3. The van der Waals surface area contributed by atoms with E-state index < -0.39 is 11.7 Å². The number of fused-ring (bicyclic) bond motifs is 2. The number of aromatic nitrogens is 2. The van der Waals surface area contributed by atoms with Gasteiger partial charge in [-0.2, -0.15) is 13.2 Å². The Bertz CT molecular complexity index is 1490. The zero-order valence-corrected chi connectivity index (χ0v) is 21.3. The van der Waals surface area contributed by atoms with E-state index in [1.165, 1.54) is 12.3 Å². The highest BCUT2D eigenvalue weighted by atomic mass is 19.4. The Kier molecular flexibility index (Phi) is 6.22. The third-order valence-electron chi connectivity index (χ3n) is 7.08. The highest BCUT2D eigenvalue weighted by Gasteiger charge is 2.36. The van der Waals surface area contributed by atoms with E-state index in [1.807, 2.05) is 24.0 Å². The number of alkyl halides is 3. The van der Waals surface area contributed by atoms with E-state index in [-0.39, 0.29) is 17.4 Å². The van der Waals surface area contributed by atoms with E-state index in [0.717, 1.165) is 39.8 Å². The number of hydrogen-bond acceptors (Lipinski definition) is 3. The van der Waals surface area contributed by atoms with Crippen LogP contribution in [-0.4, -0.2) is 29.5 Å². The lowest BCUT2D eigenvalue weighted by atomic mass is 9.91. The van der Waals surface area contributed by atoms with Crippen LogP contribution in [0.3, 0.4) is 0 Å². The number of benzene rings is 2. The number of carbonyl (C=O) groups is 1. The molecule has 0 spiro atoms. The molecule has 1 amide bonds. The minimum atomic E-state index is -4.53. The fourth-order valence-electron chi connectivity index (χ4n) is 5.18. The molecule has 8 heteroatoms. The lowest BCUT2D eigenvalue weighted by Crippen LogP contribution is -2.26. The Labute approximate surface area is 213 Å². The molecule has 0 radical (unpaired) electrons. The van der Waals surface area contributed by atoms with Crippen LogP contribution in [0.1, 0.15) is 58.9 Å². The summed E-state index contributed by atoms with van der Waals surface area (Å²) in [5.41, 5.74) is 5.24. The van der Waals surface area contributed by atoms with Crippen molar-refractivity contribution in [1.82, 2.24) is 15.3 Å². The molecule has 5 rings (SSSR count). The third kappa shape index (κ3) is 4.45.